The highest BCUT2D eigenvalue weighted by atomic mass is 35.5. The molecule has 0 aliphatic rings. The quantitative estimate of drug-likeness (QED) is 0.737. The number of carbonyl (C=O) groups excluding carboxylic acids is 1. The fraction of sp³-hybridized carbons (Fsp3) is 0.125. The van der Waals surface area contributed by atoms with Crippen LogP contribution in [0.3, 0.4) is 0 Å². The molecule has 6 nitrogen and oxygen atoms in total. The standard InChI is InChI=1S/C16H10ClF3N2O3.H2O/c1-24-13-9-5-3-2-4-8(9)11(17)6-10(13)14-21-7-12(25-14)22-15(23)16(18,19)20;/h2-7H,1H3,(H,22,23);1H2. The van der Waals surface area contributed by atoms with Crippen molar-refractivity contribution in [2.24, 2.45) is 0 Å². The summed E-state index contributed by atoms with van der Waals surface area (Å²) in [5, 5.41) is 3.41. The van der Waals surface area contributed by atoms with Crippen molar-refractivity contribution < 1.29 is 32.6 Å². The van der Waals surface area contributed by atoms with E-state index in [1.165, 1.54) is 13.2 Å². The number of oxazole rings is 1. The molecule has 3 N–H and O–H groups in total. The Morgan fingerprint density at radius 1 is 1.27 bits per heavy atom. The minimum Gasteiger partial charge on any atom is -0.495 e. The van der Waals surface area contributed by atoms with Gasteiger partial charge in [0.1, 0.15) is 5.75 Å². The number of halogens is 4. The van der Waals surface area contributed by atoms with E-state index in [4.69, 9.17) is 20.8 Å². The largest absolute Gasteiger partial charge is 0.495 e. The summed E-state index contributed by atoms with van der Waals surface area (Å²) in [6.45, 7) is 0. The van der Waals surface area contributed by atoms with Gasteiger partial charge in [-0.05, 0) is 6.07 Å². The third kappa shape index (κ3) is 3.58. The minimum atomic E-state index is -5.03. The van der Waals surface area contributed by atoms with Crippen LogP contribution in [0.5, 0.6) is 5.75 Å². The molecule has 1 amide bonds. The number of amides is 1. The number of hydrogen-bond donors (Lipinski definition) is 1. The van der Waals surface area contributed by atoms with Crippen molar-refractivity contribution in [2.45, 2.75) is 6.18 Å². The van der Waals surface area contributed by atoms with Crippen molar-refractivity contribution in [2.75, 3.05) is 12.4 Å². The summed E-state index contributed by atoms with van der Waals surface area (Å²) in [7, 11) is 1.44. The first-order valence-electron chi connectivity index (χ1n) is 6.91. The van der Waals surface area contributed by atoms with Crippen LogP contribution in [-0.2, 0) is 4.79 Å². The number of nitrogens with zero attached hydrogens (tertiary/aromatic N) is 1. The molecule has 0 spiro atoms. The summed E-state index contributed by atoms with van der Waals surface area (Å²) in [5.74, 6) is -2.24. The number of carbonyl (C=O) groups is 1. The molecule has 26 heavy (non-hydrogen) atoms. The topological polar surface area (TPSA) is 95.9 Å². The lowest BCUT2D eigenvalue weighted by Crippen LogP contribution is -2.29. The lowest BCUT2D eigenvalue weighted by atomic mass is 10.0. The summed E-state index contributed by atoms with van der Waals surface area (Å²) < 4.78 is 47.5. The van der Waals surface area contributed by atoms with E-state index in [0.717, 1.165) is 11.6 Å². The number of rotatable bonds is 3. The van der Waals surface area contributed by atoms with Gasteiger partial charge in [0.05, 0.1) is 18.9 Å². The zero-order valence-corrected chi connectivity index (χ0v) is 13.9. The second-order valence-corrected chi connectivity index (χ2v) is 5.37. The van der Waals surface area contributed by atoms with Crippen LogP contribution in [0.1, 0.15) is 0 Å². The third-order valence-electron chi connectivity index (χ3n) is 3.38. The smallest absolute Gasteiger partial charge is 0.471 e. The zero-order chi connectivity index (χ0) is 18.2. The average molecular weight is 389 g/mol. The lowest BCUT2D eigenvalue weighted by molar-refractivity contribution is -0.167. The molecule has 0 aliphatic heterocycles. The molecule has 0 fully saturated rings. The Balaban J connectivity index is 0.00000243. The summed E-state index contributed by atoms with van der Waals surface area (Å²) in [6, 6.07) is 8.70. The van der Waals surface area contributed by atoms with E-state index in [9.17, 15) is 18.0 Å². The maximum atomic E-state index is 12.3. The predicted molar refractivity (Wildman–Crippen MR) is 89.3 cm³/mol. The lowest BCUT2D eigenvalue weighted by Gasteiger charge is -2.11. The highest BCUT2D eigenvalue weighted by Crippen LogP contribution is 2.40. The molecule has 3 aromatic rings. The van der Waals surface area contributed by atoms with E-state index in [0.29, 0.717) is 21.7 Å². The maximum Gasteiger partial charge on any atom is 0.471 e. The normalized spacial score (nSPS) is 11.1. The predicted octanol–water partition coefficient (Wildman–Crippen LogP) is 3.83. The monoisotopic (exact) mass is 388 g/mol. The molecule has 3 rings (SSSR count). The van der Waals surface area contributed by atoms with Crippen LogP contribution < -0.4 is 10.1 Å². The number of anilines is 1. The number of fused-ring (bicyclic) bond motifs is 1. The molecule has 138 valence electrons. The molecule has 0 atom stereocenters. The maximum absolute atomic E-state index is 12.3. The van der Waals surface area contributed by atoms with Crippen molar-refractivity contribution >= 4 is 34.2 Å². The van der Waals surface area contributed by atoms with Gasteiger partial charge >= 0.3 is 12.1 Å². The average Bonchev–Trinajstić information content (AvgIpc) is 3.02. The van der Waals surface area contributed by atoms with Crippen molar-refractivity contribution in [3.8, 4) is 17.2 Å². The molecule has 1 heterocycles. The van der Waals surface area contributed by atoms with Gasteiger partial charge in [0.15, 0.2) is 0 Å². The zero-order valence-electron chi connectivity index (χ0n) is 13.1. The second kappa shape index (κ2) is 7.22. The van der Waals surface area contributed by atoms with Crippen molar-refractivity contribution in [3.63, 3.8) is 0 Å². The first kappa shape index (κ1) is 19.5. The van der Waals surface area contributed by atoms with E-state index in [1.54, 1.807) is 23.5 Å². The van der Waals surface area contributed by atoms with Crippen LogP contribution in [0.2, 0.25) is 5.02 Å². The van der Waals surface area contributed by atoms with Gasteiger partial charge in [-0.2, -0.15) is 13.2 Å². The Kier molecular flexibility index (Phi) is 5.43. The highest BCUT2D eigenvalue weighted by molar-refractivity contribution is 6.36. The molecule has 0 radical (unpaired) electrons. The SMILES string of the molecule is COc1c(-c2ncc(NC(=O)C(F)(F)F)o2)cc(Cl)c2ccccc12.O. The fourth-order valence-electron chi connectivity index (χ4n) is 2.32. The number of aromatic nitrogens is 1. The molecular weight excluding hydrogens is 377 g/mol. The third-order valence-corrected chi connectivity index (χ3v) is 3.69. The molecule has 2 aromatic carbocycles. The first-order valence-corrected chi connectivity index (χ1v) is 7.28. The van der Waals surface area contributed by atoms with E-state index in [-0.39, 0.29) is 11.4 Å². The first-order chi connectivity index (χ1) is 11.8. The Bertz CT molecular complexity index is 956. The highest BCUT2D eigenvalue weighted by Gasteiger charge is 2.39. The van der Waals surface area contributed by atoms with Crippen LogP contribution >= 0.6 is 11.6 Å². The van der Waals surface area contributed by atoms with Crippen molar-refractivity contribution in [3.05, 3.63) is 41.6 Å². The molecule has 1 aromatic heterocycles. The van der Waals surface area contributed by atoms with Crippen LogP contribution in [-0.4, -0.2) is 29.7 Å². The van der Waals surface area contributed by atoms with E-state index in [2.05, 4.69) is 4.98 Å². The van der Waals surface area contributed by atoms with Crippen LogP contribution in [0, 0.1) is 0 Å². The summed E-state index contributed by atoms with van der Waals surface area (Å²) in [4.78, 5) is 14.9. The number of nitrogens with one attached hydrogen (secondary N) is 1. The van der Waals surface area contributed by atoms with Gasteiger partial charge in [-0.3, -0.25) is 10.1 Å². The van der Waals surface area contributed by atoms with Crippen LogP contribution in [0.4, 0.5) is 19.1 Å². The van der Waals surface area contributed by atoms with Gasteiger partial charge in [0.2, 0.25) is 11.8 Å². The van der Waals surface area contributed by atoms with E-state index < -0.39 is 18.0 Å². The molecular formula is C16H12ClF3N2O4. The van der Waals surface area contributed by atoms with Gasteiger partial charge in [-0.1, -0.05) is 35.9 Å². The van der Waals surface area contributed by atoms with Crippen LogP contribution in [0.25, 0.3) is 22.2 Å². The van der Waals surface area contributed by atoms with Crippen molar-refractivity contribution in [1.82, 2.24) is 4.98 Å². The summed E-state index contributed by atoms with van der Waals surface area (Å²) >= 11 is 6.25. The Hall–Kier alpha value is -2.78. The molecule has 0 bridgehead atoms. The van der Waals surface area contributed by atoms with Gasteiger partial charge in [-0.15, -0.1) is 0 Å². The number of benzene rings is 2. The molecule has 0 aliphatic carbocycles. The number of methoxy groups -OCH3 is 1. The summed E-state index contributed by atoms with van der Waals surface area (Å²) in [5.41, 5.74) is 0.346. The van der Waals surface area contributed by atoms with Crippen molar-refractivity contribution in [1.29, 1.82) is 0 Å². The molecule has 0 saturated carbocycles. The van der Waals surface area contributed by atoms with Gasteiger partial charge in [0.25, 0.3) is 0 Å². The fourth-order valence-corrected chi connectivity index (χ4v) is 2.60. The van der Waals surface area contributed by atoms with E-state index in [1.807, 2.05) is 6.07 Å². The Morgan fingerprint density at radius 3 is 2.54 bits per heavy atom. The minimum absolute atomic E-state index is 0. The van der Waals surface area contributed by atoms with Crippen LogP contribution in [0.15, 0.2) is 40.9 Å². The van der Waals surface area contributed by atoms with Gasteiger partial charge < -0.3 is 14.6 Å². The number of alkyl halides is 3. The van der Waals surface area contributed by atoms with Gasteiger partial charge in [0, 0.05) is 15.8 Å². The van der Waals surface area contributed by atoms with E-state index >= 15 is 0 Å². The number of ether oxygens (including phenoxy) is 1. The Labute approximate surface area is 149 Å². The molecule has 0 saturated heterocycles. The number of hydrogen-bond acceptors (Lipinski definition) is 4. The van der Waals surface area contributed by atoms with Gasteiger partial charge in [-0.25, -0.2) is 4.98 Å². The molecule has 0 unspecified atom stereocenters. The second-order valence-electron chi connectivity index (χ2n) is 4.97. The Morgan fingerprint density at radius 2 is 1.92 bits per heavy atom. The summed E-state index contributed by atoms with van der Waals surface area (Å²) in [6.07, 6.45) is -4.06. The molecule has 10 heteroatoms.